The van der Waals surface area contributed by atoms with Crippen LogP contribution < -0.4 is 14.8 Å². The first-order valence-electron chi connectivity index (χ1n) is 10.1. The number of H-pyrrole nitrogens is 1. The fourth-order valence-electron chi connectivity index (χ4n) is 3.15. The maximum atomic E-state index is 14.0. The highest BCUT2D eigenvalue weighted by atomic mass is 19.1. The molecule has 0 amide bonds. The third-order valence-electron chi connectivity index (χ3n) is 4.56. The molecular formula is C22H20F3N5O3. The summed E-state index contributed by atoms with van der Waals surface area (Å²) in [6, 6.07) is 6.65. The Hall–Kier alpha value is -3.86. The van der Waals surface area contributed by atoms with Crippen LogP contribution in [0.1, 0.15) is 13.8 Å². The molecule has 0 spiro atoms. The minimum atomic E-state index is -0.921. The van der Waals surface area contributed by atoms with Crippen LogP contribution in [0.5, 0.6) is 17.5 Å². The number of halogens is 3. The van der Waals surface area contributed by atoms with Gasteiger partial charge in [0.05, 0.1) is 18.1 Å². The Morgan fingerprint density at radius 2 is 1.82 bits per heavy atom. The van der Waals surface area contributed by atoms with Gasteiger partial charge in [-0.25, -0.2) is 13.2 Å². The Bertz CT molecular complexity index is 1300. The number of rotatable bonds is 8. The smallest absolute Gasteiger partial charge is 0.326 e. The highest BCUT2D eigenvalue weighted by Gasteiger charge is 2.21. The van der Waals surface area contributed by atoms with E-state index in [1.807, 2.05) is 0 Å². The van der Waals surface area contributed by atoms with Gasteiger partial charge in [-0.15, -0.1) is 0 Å². The summed E-state index contributed by atoms with van der Waals surface area (Å²) in [5.41, 5.74) is 1.10. The quantitative estimate of drug-likeness (QED) is 0.358. The van der Waals surface area contributed by atoms with Gasteiger partial charge in [-0.3, -0.25) is 5.10 Å². The van der Waals surface area contributed by atoms with E-state index in [1.165, 1.54) is 18.2 Å². The molecule has 0 bridgehead atoms. The van der Waals surface area contributed by atoms with Crippen molar-refractivity contribution in [1.29, 1.82) is 0 Å². The van der Waals surface area contributed by atoms with Crippen LogP contribution >= 0.6 is 0 Å². The number of nitrogens with one attached hydrogen (secondary N) is 2. The van der Waals surface area contributed by atoms with Gasteiger partial charge in [0, 0.05) is 24.2 Å². The maximum absolute atomic E-state index is 14.0. The van der Waals surface area contributed by atoms with Gasteiger partial charge in [-0.2, -0.15) is 15.1 Å². The number of aliphatic hydroxyl groups is 1. The van der Waals surface area contributed by atoms with Crippen molar-refractivity contribution in [3.05, 3.63) is 53.8 Å². The molecule has 0 saturated heterocycles. The predicted molar refractivity (Wildman–Crippen MR) is 115 cm³/mol. The number of aromatic nitrogens is 4. The molecule has 0 aliphatic rings. The van der Waals surface area contributed by atoms with Gasteiger partial charge in [0.2, 0.25) is 0 Å². The zero-order valence-corrected chi connectivity index (χ0v) is 17.7. The van der Waals surface area contributed by atoms with Crippen LogP contribution in [0.2, 0.25) is 0 Å². The second-order valence-electron chi connectivity index (χ2n) is 7.13. The SMILES string of the molecule is CCOc1cc(F)ccc1-c1n[nH]c2nc(Oc3ccc(F)cc3F)nc(NCC(C)O)c12. The Labute approximate surface area is 186 Å². The third-order valence-corrected chi connectivity index (χ3v) is 4.56. The van der Waals surface area contributed by atoms with Crippen LogP contribution in [0.15, 0.2) is 36.4 Å². The summed E-state index contributed by atoms with van der Waals surface area (Å²) in [4.78, 5) is 8.52. The molecule has 4 rings (SSSR count). The lowest BCUT2D eigenvalue weighted by Crippen LogP contribution is -2.16. The summed E-state index contributed by atoms with van der Waals surface area (Å²) >= 11 is 0. The standard InChI is InChI=1S/C22H20F3N5O3/c1-3-32-17-9-13(24)4-6-14(17)19-18-20(26-10-11(2)31)27-22(28-21(18)30-29-19)33-16-7-5-12(23)8-15(16)25/h4-9,11,31H,3,10H2,1-2H3,(H2,26,27,28,29,30). The number of nitrogens with zero attached hydrogens (tertiary/aromatic N) is 3. The number of ether oxygens (including phenoxy) is 2. The van der Waals surface area contributed by atoms with E-state index in [2.05, 4.69) is 25.5 Å². The number of aliphatic hydroxyl groups excluding tert-OH is 1. The predicted octanol–water partition coefficient (Wildman–Crippen LogP) is 4.42. The number of benzene rings is 2. The van der Waals surface area contributed by atoms with Crippen molar-refractivity contribution in [3.63, 3.8) is 0 Å². The van der Waals surface area contributed by atoms with E-state index in [1.54, 1.807) is 13.8 Å². The molecule has 3 N–H and O–H groups in total. The van der Waals surface area contributed by atoms with Gasteiger partial charge < -0.3 is 19.9 Å². The van der Waals surface area contributed by atoms with E-state index < -0.39 is 23.6 Å². The van der Waals surface area contributed by atoms with Crippen LogP contribution in [-0.4, -0.2) is 44.5 Å². The molecule has 0 radical (unpaired) electrons. The van der Waals surface area contributed by atoms with Gasteiger partial charge in [-0.1, -0.05) is 0 Å². The van der Waals surface area contributed by atoms with Crippen molar-refractivity contribution >= 4 is 16.9 Å². The lowest BCUT2D eigenvalue weighted by Gasteiger charge is -2.13. The van der Waals surface area contributed by atoms with Crippen LogP contribution in [0, 0.1) is 17.5 Å². The monoisotopic (exact) mass is 459 g/mol. The van der Waals surface area contributed by atoms with Crippen LogP contribution in [0.25, 0.3) is 22.3 Å². The fraction of sp³-hybridized carbons (Fsp3) is 0.227. The molecule has 33 heavy (non-hydrogen) atoms. The zero-order valence-electron chi connectivity index (χ0n) is 17.7. The van der Waals surface area contributed by atoms with Crippen LogP contribution in [0.3, 0.4) is 0 Å². The van der Waals surface area contributed by atoms with Gasteiger partial charge in [0.1, 0.15) is 28.9 Å². The highest BCUT2D eigenvalue weighted by Crippen LogP contribution is 2.37. The largest absolute Gasteiger partial charge is 0.493 e. The summed E-state index contributed by atoms with van der Waals surface area (Å²) in [6.45, 7) is 3.79. The van der Waals surface area contributed by atoms with E-state index >= 15 is 0 Å². The van der Waals surface area contributed by atoms with Crippen LogP contribution in [-0.2, 0) is 0 Å². The molecule has 0 saturated carbocycles. The topological polar surface area (TPSA) is 105 Å². The van der Waals surface area contributed by atoms with E-state index in [-0.39, 0.29) is 35.5 Å². The minimum Gasteiger partial charge on any atom is -0.493 e. The van der Waals surface area contributed by atoms with Crippen molar-refractivity contribution in [1.82, 2.24) is 20.2 Å². The van der Waals surface area contributed by atoms with Crippen molar-refractivity contribution < 1.29 is 27.8 Å². The summed E-state index contributed by atoms with van der Waals surface area (Å²) in [6.07, 6.45) is -0.714. The molecule has 11 heteroatoms. The molecule has 0 fully saturated rings. The van der Waals surface area contributed by atoms with Crippen molar-refractivity contribution in [2.24, 2.45) is 0 Å². The molecule has 2 aromatic carbocycles. The minimum absolute atomic E-state index is 0.128. The zero-order chi connectivity index (χ0) is 23.5. The Balaban J connectivity index is 1.83. The van der Waals surface area contributed by atoms with Crippen LogP contribution in [0.4, 0.5) is 19.0 Å². The number of aromatic amines is 1. The van der Waals surface area contributed by atoms with Gasteiger partial charge >= 0.3 is 6.01 Å². The lowest BCUT2D eigenvalue weighted by atomic mass is 10.1. The highest BCUT2D eigenvalue weighted by molar-refractivity contribution is 6.00. The van der Waals surface area contributed by atoms with Crippen molar-refractivity contribution in [2.75, 3.05) is 18.5 Å². The van der Waals surface area contributed by atoms with E-state index in [4.69, 9.17) is 9.47 Å². The van der Waals surface area contributed by atoms with Gasteiger partial charge in [0.25, 0.3) is 0 Å². The molecule has 1 atom stereocenters. The normalized spacial score (nSPS) is 12.1. The first-order chi connectivity index (χ1) is 15.9. The van der Waals surface area contributed by atoms with Crippen molar-refractivity contribution in [3.8, 4) is 28.8 Å². The fourth-order valence-corrected chi connectivity index (χ4v) is 3.15. The molecule has 4 aromatic rings. The van der Waals surface area contributed by atoms with Crippen molar-refractivity contribution in [2.45, 2.75) is 20.0 Å². The number of anilines is 1. The first-order valence-corrected chi connectivity index (χ1v) is 10.1. The molecule has 2 heterocycles. The molecule has 0 aliphatic heterocycles. The number of fused-ring (bicyclic) bond motifs is 1. The Morgan fingerprint density at radius 3 is 2.55 bits per heavy atom. The molecule has 0 aliphatic carbocycles. The van der Waals surface area contributed by atoms with Gasteiger partial charge in [0.15, 0.2) is 17.2 Å². The summed E-state index contributed by atoms with van der Waals surface area (Å²) in [5.74, 6) is -1.90. The molecule has 8 nitrogen and oxygen atoms in total. The summed E-state index contributed by atoms with van der Waals surface area (Å²) < 4.78 is 52.0. The Kier molecular flexibility index (Phi) is 6.31. The second-order valence-corrected chi connectivity index (χ2v) is 7.13. The van der Waals surface area contributed by atoms with E-state index in [0.717, 1.165) is 12.1 Å². The molecule has 2 aromatic heterocycles. The second kappa shape index (κ2) is 9.33. The number of hydrogen-bond acceptors (Lipinski definition) is 7. The summed E-state index contributed by atoms with van der Waals surface area (Å²) in [5, 5.41) is 20.2. The third kappa shape index (κ3) is 4.82. The Morgan fingerprint density at radius 1 is 1.06 bits per heavy atom. The molecular weight excluding hydrogens is 439 g/mol. The first kappa shape index (κ1) is 22.3. The average Bonchev–Trinajstić information content (AvgIpc) is 3.18. The average molecular weight is 459 g/mol. The maximum Gasteiger partial charge on any atom is 0.326 e. The number of hydrogen-bond donors (Lipinski definition) is 3. The molecule has 1 unspecified atom stereocenters. The van der Waals surface area contributed by atoms with Gasteiger partial charge in [-0.05, 0) is 38.1 Å². The lowest BCUT2D eigenvalue weighted by molar-refractivity contribution is 0.208. The van der Waals surface area contributed by atoms with E-state index in [9.17, 15) is 18.3 Å². The summed E-state index contributed by atoms with van der Waals surface area (Å²) in [7, 11) is 0. The molecule has 172 valence electrons. The van der Waals surface area contributed by atoms with E-state index in [0.29, 0.717) is 29.3 Å².